The fourth-order valence-electron chi connectivity index (χ4n) is 1.66. The molecule has 0 aliphatic carbocycles. The average Bonchev–Trinajstić information content (AvgIpc) is 2.87. The van der Waals surface area contributed by atoms with E-state index in [0.29, 0.717) is 12.1 Å². The van der Waals surface area contributed by atoms with E-state index in [2.05, 4.69) is 53.3 Å². The Balaban J connectivity index is 2.01. The van der Waals surface area contributed by atoms with Crippen LogP contribution in [-0.2, 0) is 0 Å². The van der Waals surface area contributed by atoms with Gasteiger partial charge in [0.25, 0.3) is 0 Å². The summed E-state index contributed by atoms with van der Waals surface area (Å²) in [6.07, 6.45) is 0. The molecule has 5 heteroatoms. The van der Waals surface area contributed by atoms with E-state index in [1.165, 1.54) is 13.5 Å². The number of hydrogen-bond donors (Lipinski definition) is 1. The summed E-state index contributed by atoms with van der Waals surface area (Å²) in [6, 6.07) is 8.95. The van der Waals surface area contributed by atoms with Crippen LogP contribution in [0.1, 0.15) is 35.7 Å². The van der Waals surface area contributed by atoms with Crippen molar-refractivity contribution < 1.29 is 0 Å². The third kappa shape index (κ3) is 3.55. The summed E-state index contributed by atoms with van der Waals surface area (Å²) in [4.78, 5) is 2.61. The van der Waals surface area contributed by atoms with E-state index in [1.807, 2.05) is 6.07 Å². The molecule has 0 aliphatic heterocycles. The van der Waals surface area contributed by atoms with E-state index < -0.39 is 0 Å². The van der Waals surface area contributed by atoms with E-state index >= 15 is 0 Å². The third-order valence-electron chi connectivity index (χ3n) is 2.54. The first-order valence-corrected chi connectivity index (χ1v) is 8.13. The van der Waals surface area contributed by atoms with Gasteiger partial charge in [-0.3, -0.25) is 0 Å². The standard InChI is InChI=1S/C12H13BrClNS2/c1-7(9-3-5-11(13)16-9)15-8(2)10-4-6-12(14)17-10/h3-8,15H,1-2H3. The van der Waals surface area contributed by atoms with Gasteiger partial charge in [0.1, 0.15) is 0 Å². The Labute approximate surface area is 123 Å². The van der Waals surface area contributed by atoms with Crippen molar-refractivity contribution in [3.8, 4) is 0 Å². The maximum atomic E-state index is 5.95. The molecule has 2 atom stereocenters. The van der Waals surface area contributed by atoms with Gasteiger partial charge in [-0.15, -0.1) is 22.7 Å². The van der Waals surface area contributed by atoms with E-state index in [9.17, 15) is 0 Å². The molecule has 0 amide bonds. The summed E-state index contributed by atoms with van der Waals surface area (Å²) in [5.74, 6) is 0. The minimum Gasteiger partial charge on any atom is -0.302 e. The summed E-state index contributed by atoms with van der Waals surface area (Å²) in [5.41, 5.74) is 0. The van der Waals surface area contributed by atoms with Crippen molar-refractivity contribution in [1.82, 2.24) is 5.32 Å². The molecule has 92 valence electrons. The molecule has 17 heavy (non-hydrogen) atoms. The minimum absolute atomic E-state index is 0.323. The number of hydrogen-bond acceptors (Lipinski definition) is 3. The predicted octanol–water partition coefficient (Wildman–Crippen LogP) is 5.64. The first-order valence-electron chi connectivity index (χ1n) is 5.33. The summed E-state index contributed by atoms with van der Waals surface area (Å²) in [6.45, 7) is 4.35. The molecule has 0 aliphatic rings. The SMILES string of the molecule is CC(NC(C)c1ccc(Br)s1)c1ccc(Cl)s1. The predicted molar refractivity (Wildman–Crippen MR) is 81.3 cm³/mol. The van der Waals surface area contributed by atoms with Crippen LogP contribution in [0, 0.1) is 0 Å². The Morgan fingerprint density at radius 3 is 2.12 bits per heavy atom. The molecule has 0 fully saturated rings. The Morgan fingerprint density at radius 2 is 1.65 bits per heavy atom. The van der Waals surface area contributed by atoms with Crippen LogP contribution >= 0.6 is 50.2 Å². The van der Waals surface area contributed by atoms with Gasteiger partial charge in [-0.25, -0.2) is 0 Å². The molecule has 0 bridgehead atoms. The van der Waals surface area contributed by atoms with Crippen LogP contribution in [-0.4, -0.2) is 0 Å². The maximum absolute atomic E-state index is 5.95. The third-order valence-corrected chi connectivity index (χ3v) is 5.76. The highest BCUT2D eigenvalue weighted by atomic mass is 79.9. The number of thiophene rings is 2. The highest BCUT2D eigenvalue weighted by Crippen LogP contribution is 2.31. The van der Waals surface area contributed by atoms with E-state index in [4.69, 9.17) is 11.6 Å². The summed E-state index contributed by atoms with van der Waals surface area (Å²) in [5, 5.41) is 3.58. The van der Waals surface area contributed by atoms with Crippen molar-refractivity contribution in [2.24, 2.45) is 0 Å². The molecule has 0 spiro atoms. The first-order chi connectivity index (χ1) is 8.06. The zero-order valence-corrected chi connectivity index (χ0v) is 13.5. The molecule has 2 rings (SSSR count). The van der Waals surface area contributed by atoms with Gasteiger partial charge in [-0.2, -0.15) is 0 Å². The lowest BCUT2D eigenvalue weighted by Crippen LogP contribution is -2.20. The van der Waals surface area contributed by atoms with E-state index in [1.54, 1.807) is 22.7 Å². The van der Waals surface area contributed by atoms with Crippen molar-refractivity contribution in [3.05, 3.63) is 42.1 Å². The average molecular weight is 351 g/mol. The molecule has 0 radical (unpaired) electrons. The van der Waals surface area contributed by atoms with Gasteiger partial charge in [0.05, 0.1) is 8.12 Å². The van der Waals surface area contributed by atoms with Gasteiger partial charge in [-0.1, -0.05) is 11.6 Å². The van der Waals surface area contributed by atoms with Gasteiger partial charge in [0.2, 0.25) is 0 Å². The van der Waals surface area contributed by atoms with Crippen LogP contribution in [0.15, 0.2) is 28.1 Å². The largest absolute Gasteiger partial charge is 0.302 e. The first kappa shape index (κ1) is 13.6. The molecule has 2 aromatic rings. The molecule has 2 aromatic heterocycles. The minimum atomic E-state index is 0.323. The monoisotopic (exact) mass is 349 g/mol. The summed E-state index contributed by atoms with van der Waals surface area (Å²) >= 11 is 12.8. The molecule has 1 nitrogen and oxygen atoms in total. The summed E-state index contributed by atoms with van der Waals surface area (Å²) in [7, 11) is 0. The summed E-state index contributed by atoms with van der Waals surface area (Å²) < 4.78 is 2.02. The fourth-order valence-corrected chi connectivity index (χ4v) is 4.17. The molecular formula is C12H13BrClNS2. The maximum Gasteiger partial charge on any atom is 0.0931 e. The van der Waals surface area contributed by atoms with Crippen LogP contribution in [0.2, 0.25) is 4.34 Å². The normalized spacial score (nSPS) is 14.8. The molecule has 1 N–H and O–H groups in total. The van der Waals surface area contributed by atoms with Gasteiger partial charge in [0.15, 0.2) is 0 Å². The fraction of sp³-hybridized carbons (Fsp3) is 0.333. The number of halogens is 2. The molecule has 2 heterocycles. The van der Waals surface area contributed by atoms with Crippen LogP contribution in [0.4, 0.5) is 0 Å². The van der Waals surface area contributed by atoms with Crippen molar-refractivity contribution in [3.63, 3.8) is 0 Å². The second-order valence-corrected chi connectivity index (χ2v) is 8.14. The lowest BCUT2D eigenvalue weighted by atomic mass is 10.2. The van der Waals surface area contributed by atoms with Crippen molar-refractivity contribution in [2.75, 3.05) is 0 Å². The second kappa shape index (κ2) is 5.85. The van der Waals surface area contributed by atoms with Crippen LogP contribution in [0.25, 0.3) is 0 Å². The Kier molecular flexibility index (Phi) is 4.66. The van der Waals surface area contributed by atoms with Gasteiger partial charge in [-0.05, 0) is 54.0 Å². The highest BCUT2D eigenvalue weighted by Gasteiger charge is 2.14. The van der Waals surface area contributed by atoms with Crippen LogP contribution in [0.5, 0.6) is 0 Å². The smallest absolute Gasteiger partial charge is 0.0931 e. The Bertz CT molecular complexity index is 450. The zero-order chi connectivity index (χ0) is 12.4. The molecule has 0 saturated carbocycles. The number of nitrogens with one attached hydrogen (secondary N) is 1. The van der Waals surface area contributed by atoms with Crippen LogP contribution < -0.4 is 5.32 Å². The van der Waals surface area contributed by atoms with Gasteiger partial charge >= 0.3 is 0 Å². The molecule has 0 saturated heterocycles. The van der Waals surface area contributed by atoms with Crippen molar-refractivity contribution in [2.45, 2.75) is 25.9 Å². The molecule has 0 aromatic carbocycles. The lowest BCUT2D eigenvalue weighted by Gasteiger charge is -2.17. The van der Waals surface area contributed by atoms with Crippen molar-refractivity contribution >= 4 is 50.2 Å². The van der Waals surface area contributed by atoms with Crippen molar-refractivity contribution in [1.29, 1.82) is 0 Å². The Morgan fingerprint density at radius 1 is 1.06 bits per heavy atom. The quantitative estimate of drug-likeness (QED) is 0.752. The second-order valence-electron chi connectivity index (χ2n) is 3.89. The van der Waals surface area contributed by atoms with E-state index in [0.717, 1.165) is 4.34 Å². The van der Waals surface area contributed by atoms with Gasteiger partial charge in [0, 0.05) is 21.8 Å². The highest BCUT2D eigenvalue weighted by molar-refractivity contribution is 9.11. The number of rotatable bonds is 4. The van der Waals surface area contributed by atoms with Crippen LogP contribution in [0.3, 0.4) is 0 Å². The topological polar surface area (TPSA) is 12.0 Å². The Hall–Kier alpha value is 0.130. The zero-order valence-electron chi connectivity index (χ0n) is 9.54. The van der Waals surface area contributed by atoms with Gasteiger partial charge < -0.3 is 5.32 Å². The molecule has 2 unspecified atom stereocenters. The van der Waals surface area contributed by atoms with E-state index in [-0.39, 0.29) is 0 Å². The molecular weight excluding hydrogens is 338 g/mol. The lowest BCUT2D eigenvalue weighted by molar-refractivity contribution is 0.506.